The van der Waals surface area contributed by atoms with Crippen LogP contribution in [0.1, 0.15) is 38.5 Å². The highest BCUT2D eigenvalue weighted by molar-refractivity contribution is 5.78. The first kappa shape index (κ1) is 9.97. The van der Waals surface area contributed by atoms with Gasteiger partial charge in [0.1, 0.15) is 0 Å². The fourth-order valence-corrected chi connectivity index (χ4v) is 2.73. The highest BCUT2D eigenvalue weighted by Crippen LogP contribution is 2.31. The molecule has 0 aromatic heterocycles. The molecule has 1 saturated carbocycles. The Hall–Kier alpha value is -0.570. The van der Waals surface area contributed by atoms with Crippen LogP contribution in [0.15, 0.2) is 0 Å². The first-order valence-corrected chi connectivity index (χ1v) is 5.72. The van der Waals surface area contributed by atoms with E-state index in [1.54, 1.807) is 0 Å². The molecule has 0 bridgehead atoms. The molecule has 2 aliphatic rings. The fraction of sp³-hybridized carbons (Fsp3) is 0.909. The molecule has 2 fully saturated rings. The lowest BCUT2D eigenvalue weighted by Gasteiger charge is -2.29. The van der Waals surface area contributed by atoms with Gasteiger partial charge in [0.2, 0.25) is 5.91 Å². The second-order valence-corrected chi connectivity index (χ2v) is 4.66. The molecule has 2 unspecified atom stereocenters. The molecule has 1 aliphatic carbocycles. The van der Waals surface area contributed by atoms with Gasteiger partial charge in [-0.25, -0.2) is 0 Å². The van der Waals surface area contributed by atoms with Crippen molar-refractivity contribution in [1.29, 1.82) is 0 Å². The standard InChI is InChI=1S/C11H19NO2/c13-10-6-9(7-12-10)11(14)8-4-2-1-3-5-8/h8-9,11,14H,1-7H2,(H,12,13). The van der Waals surface area contributed by atoms with E-state index < -0.39 is 0 Å². The van der Waals surface area contributed by atoms with Crippen LogP contribution in [-0.2, 0) is 4.79 Å². The summed E-state index contributed by atoms with van der Waals surface area (Å²) in [5.74, 6) is 0.719. The Morgan fingerprint density at radius 3 is 2.50 bits per heavy atom. The van der Waals surface area contributed by atoms with Crippen molar-refractivity contribution in [2.45, 2.75) is 44.6 Å². The van der Waals surface area contributed by atoms with Gasteiger partial charge >= 0.3 is 0 Å². The monoisotopic (exact) mass is 197 g/mol. The van der Waals surface area contributed by atoms with Crippen molar-refractivity contribution in [3.8, 4) is 0 Å². The van der Waals surface area contributed by atoms with Gasteiger partial charge in [0.25, 0.3) is 0 Å². The second-order valence-electron chi connectivity index (χ2n) is 4.66. The first-order chi connectivity index (χ1) is 6.77. The number of hydrogen-bond donors (Lipinski definition) is 2. The molecule has 1 heterocycles. The lowest BCUT2D eigenvalue weighted by Crippen LogP contribution is -2.31. The molecule has 1 aliphatic heterocycles. The summed E-state index contributed by atoms with van der Waals surface area (Å²) in [5.41, 5.74) is 0. The largest absolute Gasteiger partial charge is 0.392 e. The van der Waals surface area contributed by atoms with Gasteiger partial charge in [-0.05, 0) is 18.8 Å². The Balaban J connectivity index is 1.86. The van der Waals surface area contributed by atoms with Crippen LogP contribution in [0.4, 0.5) is 0 Å². The van der Waals surface area contributed by atoms with Crippen LogP contribution >= 0.6 is 0 Å². The zero-order valence-corrected chi connectivity index (χ0v) is 8.54. The average molecular weight is 197 g/mol. The summed E-state index contributed by atoms with van der Waals surface area (Å²) < 4.78 is 0. The van der Waals surface area contributed by atoms with Crippen LogP contribution in [0.5, 0.6) is 0 Å². The maximum Gasteiger partial charge on any atom is 0.220 e. The molecule has 80 valence electrons. The molecule has 1 amide bonds. The van der Waals surface area contributed by atoms with Crippen LogP contribution in [0.3, 0.4) is 0 Å². The summed E-state index contributed by atoms with van der Waals surface area (Å²) in [6, 6.07) is 0. The Morgan fingerprint density at radius 1 is 1.21 bits per heavy atom. The summed E-state index contributed by atoms with van der Waals surface area (Å²) in [5, 5.41) is 12.9. The number of nitrogens with one attached hydrogen (secondary N) is 1. The van der Waals surface area contributed by atoms with E-state index in [0.29, 0.717) is 18.9 Å². The molecule has 2 N–H and O–H groups in total. The normalized spacial score (nSPS) is 31.5. The minimum Gasteiger partial charge on any atom is -0.392 e. The molecule has 0 radical (unpaired) electrons. The second kappa shape index (κ2) is 4.30. The van der Waals surface area contributed by atoms with Crippen LogP contribution in [-0.4, -0.2) is 23.7 Å². The van der Waals surface area contributed by atoms with Crippen molar-refractivity contribution in [3.05, 3.63) is 0 Å². The van der Waals surface area contributed by atoms with Crippen molar-refractivity contribution in [1.82, 2.24) is 5.32 Å². The highest BCUT2D eigenvalue weighted by Gasteiger charge is 2.33. The number of aliphatic hydroxyl groups is 1. The minimum absolute atomic E-state index is 0.102. The smallest absolute Gasteiger partial charge is 0.220 e. The third-order valence-corrected chi connectivity index (χ3v) is 3.62. The van der Waals surface area contributed by atoms with Gasteiger partial charge in [0, 0.05) is 18.9 Å². The van der Waals surface area contributed by atoms with Crippen LogP contribution in [0.25, 0.3) is 0 Å². The van der Waals surface area contributed by atoms with E-state index in [-0.39, 0.29) is 17.9 Å². The van der Waals surface area contributed by atoms with Gasteiger partial charge in [0.15, 0.2) is 0 Å². The Bertz CT molecular complexity index is 211. The van der Waals surface area contributed by atoms with E-state index in [2.05, 4.69) is 5.32 Å². The van der Waals surface area contributed by atoms with Gasteiger partial charge in [-0.2, -0.15) is 0 Å². The number of hydrogen-bond acceptors (Lipinski definition) is 2. The molecule has 0 aromatic rings. The molecule has 0 spiro atoms. The lowest BCUT2D eigenvalue weighted by molar-refractivity contribution is -0.119. The fourth-order valence-electron chi connectivity index (χ4n) is 2.73. The number of rotatable bonds is 2. The average Bonchev–Trinajstić information content (AvgIpc) is 2.65. The van der Waals surface area contributed by atoms with E-state index >= 15 is 0 Å². The number of carbonyl (C=O) groups excluding carboxylic acids is 1. The van der Waals surface area contributed by atoms with Crippen molar-refractivity contribution in [2.24, 2.45) is 11.8 Å². The third kappa shape index (κ3) is 2.08. The van der Waals surface area contributed by atoms with Crippen molar-refractivity contribution < 1.29 is 9.90 Å². The summed E-state index contributed by atoms with van der Waals surface area (Å²) >= 11 is 0. The third-order valence-electron chi connectivity index (χ3n) is 3.62. The molecule has 1 saturated heterocycles. The maximum atomic E-state index is 11.0. The maximum absolute atomic E-state index is 11.0. The topological polar surface area (TPSA) is 49.3 Å². The van der Waals surface area contributed by atoms with Crippen molar-refractivity contribution >= 4 is 5.91 Å². The molecule has 3 heteroatoms. The van der Waals surface area contributed by atoms with Gasteiger partial charge in [-0.1, -0.05) is 19.3 Å². The Morgan fingerprint density at radius 2 is 1.93 bits per heavy atom. The lowest BCUT2D eigenvalue weighted by atomic mass is 9.80. The van der Waals surface area contributed by atoms with E-state index in [0.717, 1.165) is 12.8 Å². The van der Waals surface area contributed by atoms with Gasteiger partial charge in [-0.15, -0.1) is 0 Å². The van der Waals surface area contributed by atoms with Crippen LogP contribution in [0, 0.1) is 11.8 Å². The molecule has 2 atom stereocenters. The van der Waals surface area contributed by atoms with E-state index in [9.17, 15) is 9.90 Å². The minimum atomic E-state index is -0.255. The SMILES string of the molecule is O=C1CC(C(O)C2CCCCC2)CN1. The predicted octanol–water partition coefficient (Wildman–Crippen LogP) is 1.06. The predicted molar refractivity (Wildman–Crippen MR) is 53.7 cm³/mol. The summed E-state index contributed by atoms with van der Waals surface area (Å²) in [4.78, 5) is 11.0. The van der Waals surface area contributed by atoms with E-state index in [1.165, 1.54) is 19.3 Å². The highest BCUT2D eigenvalue weighted by atomic mass is 16.3. The number of carbonyl (C=O) groups is 1. The zero-order chi connectivity index (χ0) is 9.97. The van der Waals surface area contributed by atoms with Gasteiger partial charge in [0.05, 0.1) is 6.10 Å². The number of aliphatic hydroxyl groups excluding tert-OH is 1. The van der Waals surface area contributed by atoms with Crippen molar-refractivity contribution in [2.75, 3.05) is 6.54 Å². The molecule has 0 aromatic carbocycles. The quantitative estimate of drug-likeness (QED) is 0.695. The van der Waals surface area contributed by atoms with Gasteiger partial charge < -0.3 is 10.4 Å². The molecule has 3 nitrogen and oxygen atoms in total. The van der Waals surface area contributed by atoms with E-state index in [1.807, 2.05) is 0 Å². The summed E-state index contributed by atoms with van der Waals surface area (Å²) in [7, 11) is 0. The molecular weight excluding hydrogens is 178 g/mol. The zero-order valence-electron chi connectivity index (χ0n) is 8.54. The number of amides is 1. The van der Waals surface area contributed by atoms with Crippen LogP contribution in [0.2, 0.25) is 0 Å². The molecule has 2 rings (SSSR count). The van der Waals surface area contributed by atoms with Crippen LogP contribution < -0.4 is 5.32 Å². The summed E-state index contributed by atoms with van der Waals surface area (Å²) in [6.07, 6.45) is 6.36. The summed E-state index contributed by atoms with van der Waals surface area (Å²) in [6.45, 7) is 0.677. The first-order valence-electron chi connectivity index (χ1n) is 5.72. The Kier molecular flexibility index (Phi) is 3.06. The van der Waals surface area contributed by atoms with Gasteiger partial charge in [-0.3, -0.25) is 4.79 Å². The van der Waals surface area contributed by atoms with E-state index in [4.69, 9.17) is 0 Å². The Labute approximate surface area is 84.9 Å². The molecular formula is C11H19NO2. The molecule has 14 heavy (non-hydrogen) atoms. The van der Waals surface area contributed by atoms with Crippen molar-refractivity contribution in [3.63, 3.8) is 0 Å².